The summed E-state index contributed by atoms with van der Waals surface area (Å²) in [6.45, 7) is 15.1. The van der Waals surface area contributed by atoms with E-state index in [1.165, 1.54) is 0 Å². The monoisotopic (exact) mass is 712 g/mol. The van der Waals surface area contributed by atoms with Gasteiger partial charge in [-0.25, -0.2) is 9.69 Å². The molecule has 1 aromatic carbocycles. The molecule has 2 aliphatic heterocycles. The molecule has 3 atom stereocenters. The zero-order valence-corrected chi connectivity index (χ0v) is 31.0. The maximum atomic E-state index is 13.5. The van der Waals surface area contributed by atoms with Crippen molar-refractivity contribution in [3.63, 3.8) is 0 Å². The Morgan fingerprint density at radius 2 is 1.67 bits per heavy atom. The Morgan fingerprint density at radius 3 is 2.24 bits per heavy atom. The van der Waals surface area contributed by atoms with Gasteiger partial charge in [-0.2, -0.15) is 17.9 Å². The average Bonchev–Trinajstić information content (AvgIpc) is 2.97. The number of rotatable bonds is 11. The Kier molecular flexibility index (Phi) is 15.9. The maximum absolute atomic E-state index is 13.5. The van der Waals surface area contributed by atoms with Crippen molar-refractivity contribution in [1.82, 2.24) is 19.7 Å². The minimum atomic E-state index is -4.53. The third kappa shape index (κ3) is 15.4. The van der Waals surface area contributed by atoms with Crippen molar-refractivity contribution >= 4 is 34.1 Å². The van der Waals surface area contributed by atoms with Crippen molar-refractivity contribution in [3.05, 3.63) is 29.8 Å². The van der Waals surface area contributed by atoms with Gasteiger partial charge in [0.1, 0.15) is 23.4 Å². The van der Waals surface area contributed by atoms with Gasteiger partial charge in [0.25, 0.3) is 10.2 Å². The molecule has 0 spiro atoms. The van der Waals surface area contributed by atoms with Gasteiger partial charge in [-0.15, -0.1) is 0 Å². The van der Waals surface area contributed by atoms with Crippen LogP contribution in [0.2, 0.25) is 0 Å². The second-order valence-electron chi connectivity index (χ2n) is 14.7. The lowest BCUT2D eigenvalue weighted by molar-refractivity contribution is -0.140. The summed E-state index contributed by atoms with van der Waals surface area (Å²) < 4.78 is 48.1. The van der Waals surface area contributed by atoms with Crippen molar-refractivity contribution in [2.24, 2.45) is 11.3 Å². The number of carbonyl (C=O) groups excluding carboxylic acids is 3. The lowest BCUT2D eigenvalue weighted by Crippen LogP contribution is -2.56. The first-order valence-electron chi connectivity index (χ1n) is 16.9. The van der Waals surface area contributed by atoms with E-state index in [-0.39, 0.29) is 44.8 Å². The molecule has 49 heavy (non-hydrogen) atoms. The molecule has 3 rings (SSSR count). The fraction of sp³-hybridized carbons (Fsp3) is 0.706. The highest BCUT2D eigenvalue weighted by Gasteiger charge is 2.35. The highest BCUT2D eigenvalue weighted by molar-refractivity contribution is 7.87. The highest BCUT2D eigenvalue weighted by Crippen LogP contribution is 2.21. The first-order valence-corrected chi connectivity index (χ1v) is 18.3. The zero-order chi connectivity index (χ0) is 37.0. The highest BCUT2D eigenvalue weighted by atomic mass is 32.2. The van der Waals surface area contributed by atoms with E-state index in [2.05, 4.69) is 14.8 Å². The predicted octanol–water partition coefficient (Wildman–Crippen LogP) is 3.79. The molecule has 2 aliphatic rings. The lowest BCUT2D eigenvalue weighted by atomic mass is 9.94. The Labute approximate surface area is 291 Å². The van der Waals surface area contributed by atoms with Gasteiger partial charge < -0.3 is 24.6 Å². The van der Waals surface area contributed by atoms with E-state index < -0.39 is 63.2 Å². The van der Waals surface area contributed by atoms with Crippen LogP contribution in [0, 0.1) is 11.3 Å². The number of nitrogens with one attached hydrogen (secondary N) is 3. The molecule has 0 saturated carbocycles. The summed E-state index contributed by atoms with van der Waals surface area (Å²) in [6, 6.07) is 3.77. The molecule has 0 saturated heterocycles. The SMILES string of the molecule is CC(C)[C@H]1COCCCCOc2ccc(cc2)C[C@@H](NS(=O)(=O)NC(CCCCN(C(=O)OC(C)(C)C)C(=O)C(C)(C)C)C(=O)O)C(=O)N1. The summed E-state index contributed by atoms with van der Waals surface area (Å²) in [4.78, 5) is 52.5. The number of amides is 3. The van der Waals surface area contributed by atoms with Gasteiger partial charge in [0, 0.05) is 18.6 Å². The van der Waals surface area contributed by atoms with Crippen LogP contribution in [0.25, 0.3) is 0 Å². The van der Waals surface area contributed by atoms with Crippen LogP contribution in [-0.4, -0.2) is 92.4 Å². The third-order valence-electron chi connectivity index (χ3n) is 7.58. The molecule has 2 bridgehead atoms. The largest absolute Gasteiger partial charge is 0.494 e. The Hall–Kier alpha value is -3.27. The molecule has 0 fully saturated rings. The number of carbonyl (C=O) groups is 4. The first-order chi connectivity index (χ1) is 22.7. The lowest BCUT2D eigenvalue weighted by Gasteiger charge is -2.30. The Morgan fingerprint density at radius 1 is 1.04 bits per heavy atom. The maximum Gasteiger partial charge on any atom is 0.417 e. The number of imide groups is 1. The van der Waals surface area contributed by atoms with E-state index in [1.54, 1.807) is 65.8 Å². The molecule has 1 aromatic rings. The van der Waals surface area contributed by atoms with Crippen LogP contribution < -0.4 is 19.5 Å². The van der Waals surface area contributed by atoms with Gasteiger partial charge in [-0.1, -0.05) is 46.8 Å². The molecule has 278 valence electrons. The van der Waals surface area contributed by atoms with Gasteiger partial charge in [0.15, 0.2) is 0 Å². The number of fused-ring (bicyclic) bond motifs is 13. The number of aliphatic carboxylic acids is 1. The smallest absolute Gasteiger partial charge is 0.417 e. The summed E-state index contributed by atoms with van der Waals surface area (Å²) >= 11 is 0. The topological polar surface area (TPSA) is 190 Å². The number of ether oxygens (including phenoxy) is 3. The van der Waals surface area contributed by atoms with Gasteiger partial charge in [-0.3, -0.25) is 14.4 Å². The molecule has 1 unspecified atom stereocenters. The third-order valence-corrected chi connectivity index (χ3v) is 8.77. The minimum Gasteiger partial charge on any atom is -0.494 e. The number of hydrogen-bond donors (Lipinski definition) is 4. The summed E-state index contributed by atoms with van der Waals surface area (Å²) in [5, 5.41) is 12.8. The van der Waals surface area contributed by atoms with E-state index >= 15 is 0 Å². The molecular weight excluding hydrogens is 656 g/mol. The minimum absolute atomic E-state index is 0.0119. The summed E-state index contributed by atoms with van der Waals surface area (Å²) in [7, 11) is -4.53. The number of nitrogens with zero attached hydrogens (tertiary/aromatic N) is 1. The zero-order valence-electron chi connectivity index (χ0n) is 30.2. The van der Waals surface area contributed by atoms with E-state index in [4.69, 9.17) is 14.2 Å². The molecule has 3 amide bonds. The van der Waals surface area contributed by atoms with Gasteiger partial charge in [0.05, 0.1) is 19.3 Å². The standard InChI is InChI=1S/C34H56N4O10S/c1-23(2)28-22-46-19-11-12-20-47-25-16-14-24(15-17-25)21-27(29(39)35-28)37-49(44,45)36-26(30(40)41)13-9-10-18-38(31(42)33(3,4)5)32(43)48-34(6,7)8/h14-17,23,26-28,36-37H,9-13,18-22H2,1-8H3,(H,35,39)(H,40,41)/t26?,27-,28-/m1/s1. The fourth-order valence-electron chi connectivity index (χ4n) is 4.79. The van der Waals surface area contributed by atoms with Crippen molar-refractivity contribution in [1.29, 1.82) is 0 Å². The van der Waals surface area contributed by atoms with Crippen molar-refractivity contribution < 1.29 is 46.9 Å². The van der Waals surface area contributed by atoms with E-state index in [1.807, 2.05) is 13.8 Å². The van der Waals surface area contributed by atoms with Crippen LogP contribution in [0.4, 0.5) is 4.79 Å². The molecule has 15 heteroatoms. The number of carboxylic acid groups (broad SMARTS) is 1. The molecule has 4 N–H and O–H groups in total. The van der Waals surface area contributed by atoms with Crippen LogP contribution in [0.15, 0.2) is 24.3 Å². The second kappa shape index (κ2) is 18.6. The molecular formula is C34H56N4O10S. The fourth-order valence-corrected chi connectivity index (χ4v) is 6.02. The number of hydrogen-bond acceptors (Lipinski definition) is 9. The van der Waals surface area contributed by atoms with E-state index in [0.717, 1.165) is 17.7 Å². The Bertz CT molecular complexity index is 1350. The van der Waals surface area contributed by atoms with Crippen LogP contribution in [-0.2, 0) is 40.5 Å². The number of unbranched alkanes of at least 4 members (excludes halogenated alkanes) is 1. The van der Waals surface area contributed by atoms with Gasteiger partial charge in [0.2, 0.25) is 11.8 Å². The predicted molar refractivity (Wildman–Crippen MR) is 184 cm³/mol. The van der Waals surface area contributed by atoms with Crippen molar-refractivity contribution in [2.75, 3.05) is 26.4 Å². The number of carboxylic acids is 1. The Balaban J connectivity index is 2.18. The van der Waals surface area contributed by atoms with Crippen LogP contribution >= 0.6 is 0 Å². The molecule has 14 nitrogen and oxygen atoms in total. The molecule has 0 radical (unpaired) electrons. The summed E-state index contributed by atoms with van der Waals surface area (Å²) in [6.07, 6.45) is 0.955. The van der Waals surface area contributed by atoms with Crippen LogP contribution in [0.5, 0.6) is 5.75 Å². The normalized spacial score (nSPS) is 19.1. The molecule has 2 heterocycles. The van der Waals surface area contributed by atoms with Crippen molar-refractivity contribution in [2.45, 2.75) is 118 Å². The van der Waals surface area contributed by atoms with Crippen molar-refractivity contribution in [3.8, 4) is 5.75 Å². The van der Waals surface area contributed by atoms with Gasteiger partial charge >= 0.3 is 12.1 Å². The van der Waals surface area contributed by atoms with E-state index in [0.29, 0.717) is 24.5 Å². The summed E-state index contributed by atoms with van der Waals surface area (Å²) in [5.41, 5.74) is -1.05. The second-order valence-corrected chi connectivity index (χ2v) is 16.2. The van der Waals surface area contributed by atoms with Crippen LogP contribution in [0.1, 0.15) is 93.1 Å². The van der Waals surface area contributed by atoms with Gasteiger partial charge in [-0.05, 0) is 82.9 Å². The number of benzene rings is 1. The quantitative estimate of drug-likeness (QED) is 0.246. The average molecular weight is 713 g/mol. The summed E-state index contributed by atoms with van der Waals surface area (Å²) in [5.74, 6) is -1.83. The molecule has 0 aliphatic carbocycles. The van der Waals surface area contributed by atoms with Crippen LogP contribution in [0.3, 0.4) is 0 Å². The van der Waals surface area contributed by atoms with E-state index in [9.17, 15) is 32.7 Å². The first kappa shape index (κ1) is 41.9. The molecule has 0 aromatic heterocycles.